The van der Waals surface area contributed by atoms with E-state index >= 15 is 0 Å². The summed E-state index contributed by atoms with van der Waals surface area (Å²) < 4.78 is 42.5. The van der Waals surface area contributed by atoms with Crippen molar-refractivity contribution in [2.24, 2.45) is 0 Å². The van der Waals surface area contributed by atoms with E-state index in [0.717, 1.165) is 22.4 Å². The molecule has 28 heavy (non-hydrogen) atoms. The molecule has 0 saturated carbocycles. The molecular formula is C22H21FN2O2S. The third-order valence-electron chi connectivity index (χ3n) is 4.95. The number of aryl methyl sites for hydroxylation is 1. The number of H-pyrrole nitrogens is 1. The molecule has 6 heteroatoms. The lowest BCUT2D eigenvalue weighted by Gasteiger charge is -2.18. The van der Waals surface area contributed by atoms with E-state index in [1.165, 1.54) is 0 Å². The molecule has 2 N–H and O–H groups in total. The number of rotatable bonds is 5. The molecule has 1 aromatic heterocycles. The fourth-order valence-electron chi connectivity index (χ4n) is 3.42. The van der Waals surface area contributed by atoms with Gasteiger partial charge in [0.2, 0.25) is 10.0 Å². The van der Waals surface area contributed by atoms with Gasteiger partial charge in [0.05, 0.1) is 10.9 Å². The van der Waals surface area contributed by atoms with E-state index < -0.39 is 16.1 Å². The Morgan fingerprint density at radius 1 is 1.07 bits per heavy atom. The highest BCUT2D eigenvalue weighted by molar-refractivity contribution is 7.89. The van der Waals surface area contributed by atoms with Crippen molar-refractivity contribution in [3.63, 3.8) is 0 Å². The Balaban J connectivity index is 1.72. The summed E-state index contributed by atoms with van der Waals surface area (Å²) in [5.41, 5.74) is 4.29. The van der Waals surface area contributed by atoms with E-state index in [9.17, 15) is 12.8 Å². The first-order chi connectivity index (χ1) is 13.4. The number of hydrogen-bond acceptors (Lipinski definition) is 2. The Kier molecular flexibility index (Phi) is 4.91. The van der Waals surface area contributed by atoms with Crippen LogP contribution < -0.4 is 4.72 Å². The average Bonchev–Trinajstić information content (AvgIpc) is 3.10. The van der Waals surface area contributed by atoms with Gasteiger partial charge in [-0.15, -0.1) is 0 Å². The number of benzene rings is 2. The molecule has 0 amide bonds. The summed E-state index contributed by atoms with van der Waals surface area (Å²) in [5.74, 6) is -0.158. The number of aromatic nitrogens is 1. The molecule has 4 nitrogen and oxygen atoms in total. The SMILES string of the molecule is Cc1ccc(S(=O)(=O)NC(c2ccccc2)c2cc3c([nH]2)CC=C(F)C3)cc1. The monoisotopic (exact) mass is 396 g/mol. The van der Waals surface area contributed by atoms with Gasteiger partial charge in [-0.2, -0.15) is 4.72 Å². The van der Waals surface area contributed by atoms with Crippen LogP contribution in [0.5, 0.6) is 0 Å². The normalized spacial score (nSPS) is 15.0. The van der Waals surface area contributed by atoms with Gasteiger partial charge in [0, 0.05) is 24.2 Å². The van der Waals surface area contributed by atoms with Crippen molar-refractivity contribution in [2.75, 3.05) is 0 Å². The van der Waals surface area contributed by atoms with Gasteiger partial charge < -0.3 is 4.98 Å². The molecule has 1 atom stereocenters. The van der Waals surface area contributed by atoms with Crippen LogP contribution in [0.25, 0.3) is 0 Å². The first kappa shape index (κ1) is 18.7. The second-order valence-electron chi connectivity index (χ2n) is 7.04. The van der Waals surface area contributed by atoms with Gasteiger partial charge in [0.1, 0.15) is 5.83 Å². The van der Waals surface area contributed by atoms with Gasteiger partial charge in [-0.05, 0) is 42.3 Å². The molecule has 1 unspecified atom stereocenters. The maximum atomic E-state index is 13.7. The van der Waals surface area contributed by atoms with Crippen LogP contribution in [0.4, 0.5) is 4.39 Å². The van der Waals surface area contributed by atoms with E-state index in [0.29, 0.717) is 12.1 Å². The number of nitrogens with one attached hydrogen (secondary N) is 2. The molecule has 1 heterocycles. The molecule has 0 saturated heterocycles. The Bertz CT molecular complexity index is 1120. The van der Waals surface area contributed by atoms with E-state index in [2.05, 4.69) is 9.71 Å². The second kappa shape index (κ2) is 7.37. The Morgan fingerprint density at radius 2 is 1.79 bits per heavy atom. The van der Waals surface area contributed by atoms with Gasteiger partial charge in [-0.1, -0.05) is 48.0 Å². The predicted octanol–water partition coefficient (Wildman–Crippen LogP) is 4.34. The number of aromatic amines is 1. The van der Waals surface area contributed by atoms with Crippen molar-refractivity contribution >= 4 is 10.0 Å². The molecule has 1 aliphatic carbocycles. The average molecular weight is 396 g/mol. The van der Waals surface area contributed by atoms with Gasteiger partial charge in [0.15, 0.2) is 0 Å². The zero-order valence-corrected chi connectivity index (χ0v) is 16.3. The van der Waals surface area contributed by atoms with Crippen molar-refractivity contribution in [3.8, 4) is 0 Å². The van der Waals surface area contributed by atoms with Gasteiger partial charge in [-0.25, -0.2) is 12.8 Å². The summed E-state index contributed by atoms with van der Waals surface area (Å²) in [4.78, 5) is 3.51. The molecule has 0 aliphatic heterocycles. The molecule has 3 aromatic rings. The smallest absolute Gasteiger partial charge is 0.241 e. The minimum Gasteiger partial charge on any atom is -0.360 e. The van der Waals surface area contributed by atoms with Crippen LogP contribution in [-0.4, -0.2) is 13.4 Å². The highest BCUT2D eigenvalue weighted by Crippen LogP contribution is 2.29. The topological polar surface area (TPSA) is 62.0 Å². The summed E-state index contributed by atoms with van der Waals surface area (Å²) in [7, 11) is -3.74. The molecule has 2 aromatic carbocycles. The lowest BCUT2D eigenvalue weighted by molar-refractivity contribution is 0.570. The van der Waals surface area contributed by atoms with E-state index in [1.54, 1.807) is 30.3 Å². The highest BCUT2D eigenvalue weighted by Gasteiger charge is 2.26. The molecule has 1 aliphatic rings. The summed E-state index contributed by atoms with van der Waals surface area (Å²) in [6, 6.07) is 17.4. The minimum atomic E-state index is -3.74. The number of allylic oxidation sites excluding steroid dienone is 2. The largest absolute Gasteiger partial charge is 0.360 e. The lowest BCUT2D eigenvalue weighted by atomic mass is 10.0. The summed E-state index contributed by atoms with van der Waals surface area (Å²) in [5, 5.41) is 0. The van der Waals surface area contributed by atoms with Gasteiger partial charge >= 0.3 is 0 Å². The van der Waals surface area contributed by atoms with Crippen LogP contribution >= 0.6 is 0 Å². The summed E-state index contributed by atoms with van der Waals surface area (Å²) in [6.45, 7) is 1.91. The Labute approximate surface area is 164 Å². The zero-order chi connectivity index (χ0) is 19.7. The molecule has 0 fully saturated rings. The third kappa shape index (κ3) is 3.79. The van der Waals surface area contributed by atoms with Crippen LogP contribution in [0.2, 0.25) is 0 Å². The summed E-state index contributed by atoms with van der Waals surface area (Å²) in [6.07, 6.45) is 2.27. The van der Waals surface area contributed by atoms with Gasteiger partial charge in [-0.3, -0.25) is 0 Å². The van der Waals surface area contributed by atoms with Crippen LogP contribution in [0.3, 0.4) is 0 Å². The van der Waals surface area contributed by atoms with Crippen molar-refractivity contribution in [3.05, 3.63) is 101 Å². The first-order valence-corrected chi connectivity index (χ1v) is 10.6. The standard InChI is InChI=1S/C22H21FN2O2S/c1-15-7-10-19(11-8-15)28(26,27)25-22(16-5-3-2-4-6-16)21-14-17-13-18(23)9-12-20(17)24-21/h2-11,14,22,24-25H,12-13H2,1H3. The Hall–Kier alpha value is -2.70. The fraction of sp³-hybridized carbons (Fsp3) is 0.182. The van der Waals surface area contributed by atoms with E-state index in [1.807, 2.05) is 43.3 Å². The van der Waals surface area contributed by atoms with E-state index in [4.69, 9.17) is 0 Å². The highest BCUT2D eigenvalue weighted by atomic mass is 32.2. The number of sulfonamides is 1. The lowest BCUT2D eigenvalue weighted by Crippen LogP contribution is -2.29. The van der Waals surface area contributed by atoms with Crippen molar-refractivity contribution < 1.29 is 12.8 Å². The molecule has 4 rings (SSSR count). The summed E-state index contributed by atoms with van der Waals surface area (Å²) >= 11 is 0. The van der Waals surface area contributed by atoms with Crippen molar-refractivity contribution in [1.29, 1.82) is 0 Å². The molecule has 0 spiro atoms. The van der Waals surface area contributed by atoms with Crippen LogP contribution in [0, 0.1) is 6.92 Å². The van der Waals surface area contributed by atoms with Crippen molar-refractivity contribution in [2.45, 2.75) is 30.7 Å². The zero-order valence-electron chi connectivity index (χ0n) is 15.4. The molecular weight excluding hydrogens is 375 g/mol. The van der Waals surface area contributed by atoms with Crippen LogP contribution in [0.1, 0.15) is 34.1 Å². The number of hydrogen-bond donors (Lipinski definition) is 2. The molecule has 0 bridgehead atoms. The predicted molar refractivity (Wildman–Crippen MR) is 107 cm³/mol. The second-order valence-corrected chi connectivity index (χ2v) is 8.75. The Morgan fingerprint density at radius 3 is 2.50 bits per heavy atom. The maximum Gasteiger partial charge on any atom is 0.241 e. The quantitative estimate of drug-likeness (QED) is 0.674. The van der Waals surface area contributed by atoms with Gasteiger partial charge in [0.25, 0.3) is 0 Å². The fourth-order valence-corrected chi connectivity index (χ4v) is 4.63. The van der Waals surface area contributed by atoms with Crippen LogP contribution in [0.15, 0.2) is 77.5 Å². The number of halogens is 1. The third-order valence-corrected chi connectivity index (χ3v) is 6.39. The van der Waals surface area contributed by atoms with Crippen molar-refractivity contribution in [1.82, 2.24) is 9.71 Å². The maximum absolute atomic E-state index is 13.7. The molecule has 0 radical (unpaired) electrons. The number of fused-ring (bicyclic) bond motifs is 1. The minimum absolute atomic E-state index is 0.158. The van der Waals surface area contributed by atoms with E-state index in [-0.39, 0.29) is 17.1 Å². The molecule has 144 valence electrons. The first-order valence-electron chi connectivity index (χ1n) is 9.11. The van der Waals surface area contributed by atoms with Crippen LogP contribution in [-0.2, 0) is 22.9 Å².